The second-order valence-corrected chi connectivity index (χ2v) is 13.2. The van der Waals surface area contributed by atoms with E-state index in [2.05, 4.69) is 30.8 Å². The summed E-state index contributed by atoms with van der Waals surface area (Å²) < 4.78 is 60.0. The molecule has 7 nitrogen and oxygen atoms in total. The number of rotatable bonds is 7. The highest BCUT2D eigenvalue weighted by Crippen LogP contribution is 2.48. The van der Waals surface area contributed by atoms with E-state index in [1.165, 1.54) is 32.1 Å². The third-order valence-electron chi connectivity index (χ3n) is 7.42. The van der Waals surface area contributed by atoms with E-state index in [1.54, 1.807) is 24.3 Å². The number of alkyl halides is 3. The molecule has 220 valence electrons. The van der Waals surface area contributed by atoms with Crippen LogP contribution in [0.4, 0.5) is 18.9 Å². The number of nitrogens with one attached hydrogen (secondary N) is 2. The molecule has 0 spiro atoms. The highest BCUT2D eigenvalue weighted by molar-refractivity contribution is 7.92. The van der Waals surface area contributed by atoms with E-state index in [1.807, 2.05) is 24.3 Å². The number of anilines is 1. The van der Waals surface area contributed by atoms with Crippen LogP contribution in [0.15, 0.2) is 53.4 Å². The molecule has 0 unspecified atom stereocenters. The molecule has 0 bridgehead atoms. The number of amides is 1. The van der Waals surface area contributed by atoms with E-state index >= 15 is 0 Å². The lowest BCUT2D eigenvalue weighted by Crippen LogP contribution is -2.38. The number of hydrogen-bond acceptors (Lipinski definition) is 4. The number of carboxylic acid groups (broad SMARTS) is 1. The van der Waals surface area contributed by atoms with E-state index in [4.69, 9.17) is 9.90 Å². The Labute approximate surface area is 233 Å². The molecule has 3 N–H and O–H groups in total. The van der Waals surface area contributed by atoms with Crippen LogP contribution in [0.2, 0.25) is 0 Å². The standard InChI is InChI=1S/C27H36N2O3S.C2HF3O2/c1-26(2,3)21-11-15-24(16-12-21)33(31,32)29-23-13-9-22(10-14-23)27(17-18-27)25(30)28-19-20-7-5-4-6-8-20;3-2(4,5)1(6)7/h9-16,20,29H,4-8,17-19H2,1-3H3,(H,28,30);(H,6,7). The molecule has 0 radical (unpaired) electrons. The van der Waals surface area contributed by atoms with Crippen LogP contribution in [0.1, 0.15) is 76.8 Å². The molecule has 2 aromatic carbocycles. The van der Waals surface area contributed by atoms with Crippen molar-refractivity contribution < 1.29 is 36.3 Å². The van der Waals surface area contributed by atoms with Gasteiger partial charge in [-0.15, -0.1) is 0 Å². The average molecular weight is 583 g/mol. The van der Waals surface area contributed by atoms with Gasteiger partial charge < -0.3 is 10.4 Å². The summed E-state index contributed by atoms with van der Waals surface area (Å²) in [4.78, 5) is 22.1. The lowest BCUT2D eigenvalue weighted by Gasteiger charge is -2.23. The van der Waals surface area contributed by atoms with Crippen molar-refractivity contribution in [2.24, 2.45) is 5.92 Å². The zero-order valence-corrected chi connectivity index (χ0v) is 23.8. The fraction of sp³-hybridized carbons (Fsp3) is 0.517. The van der Waals surface area contributed by atoms with Gasteiger partial charge in [0.05, 0.1) is 10.3 Å². The minimum Gasteiger partial charge on any atom is -0.475 e. The fourth-order valence-electron chi connectivity index (χ4n) is 4.77. The number of hydrogen-bond donors (Lipinski definition) is 3. The summed E-state index contributed by atoms with van der Waals surface area (Å²) in [6.07, 6.45) is 2.87. The van der Waals surface area contributed by atoms with Crippen LogP contribution in [-0.2, 0) is 30.4 Å². The zero-order chi connectivity index (χ0) is 29.8. The molecule has 11 heteroatoms. The largest absolute Gasteiger partial charge is 0.490 e. The van der Waals surface area contributed by atoms with Crippen LogP contribution in [0, 0.1) is 5.92 Å². The normalized spacial score (nSPS) is 17.2. The zero-order valence-electron chi connectivity index (χ0n) is 23.0. The van der Waals surface area contributed by atoms with Crippen LogP contribution in [-0.4, -0.2) is 38.1 Å². The Balaban J connectivity index is 0.000000559. The van der Waals surface area contributed by atoms with Crippen LogP contribution >= 0.6 is 0 Å². The molecular weight excluding hydrogens is 545 g/mol. The molecule has 0 atom stereocenters. The Morgan fingerprint density at radius 1 is 0.925 bits per heavy atom. The maximum absolute atomic E-state index is 12.9. The monoisotopic (exact) mass is 582 g/mol. The van der Waals surface area contributed by atoms with Crippen molar-refractivity contribution in [2.45, 2.75) is 87.6 Å². The quantitative estimate of drug-likeness (QED) is 0.363. The highest BCUT2D eigenvalue weighted by Gasteiger charge is 2.51. The van der Waals surface area contributed by atoms with E-state index in [9.17, 15) is 26.4 Å². The molecule has 2 fully saturated rings. The number of benzene rings is 2. The van der Waals surface area contributed by atoms with Crippen molar-refractivity contribution in [3.63, 3.8) is 0 Å². The number of halogens is 3. The van der Waals surface area contributed by atoms with E-state index in [0.29, 0.717) is 11.6 Å². The third-order valence-corrected chi connectivity index (χ3v) is 8.82. The Bertz CT molecular complexity index is 1270. The Hall–Kier alpha value is -3.08. The van der Waals surface area contributed by atoms with Crippen molar-refractivity contribution in [2.75, 3.05) is 11.3 Å². The number of carbonyl (C=O) groups is 2. The molecule has 2 aliphatic carbocycles. The van der Waals surface area contributed by atoms with Crippen molar-refractivity contribution in [1.29, 1.82) is 0 Å². The highest BCUT2D eigenvalue weighted by atomic mass is 32.2. The van der Waals surface area contributed by atoms with Crippen LogP contribution in [0.3, 0.4) is 0 Å². The summed E-state index contributed by atoms with van der Waals surface area (Å²) in [5, 5.41) is 10.3. The van der Waals surface area contributed by atoms with E-state index in [0.717, 1.165) is 30.5 Å². The van der Waals surface area contributed by atoms with Gasteiger partial charge in [-0.1, -0.05) is 64.3 Å². The molecule has 1 amide bonds. The summed E-state index contributed by atoms with van der Waals surface area (Å²) >= 11 is 0. The van der Waals surface area contributed by atoms with Crippen LogP contribution < -0.4 is 10.0 Å². The van der Waals surface area contributed by atoms with E-state index < -0.39 is 27.6 Å². The van der Waals surface area contributed by atoms with Gasteiger partial charge in [0.15, 0.2) is 0 Å². The molecular formula is C29H37F3N2O5S. The van der Waals surface area contributed by atoms with Gasteiger partial charge in [-0.25, -0.2) is 13.2 Å². The van der Waals surface area contributed by atoms with Crippen LogP contribution in [0.25, 0.3) is 0 Å². The lowest BCUT2D eigenvalue weighted by molar-refractivity contribution is -0.192. The predicted octanol–water partition coefficient (Wildman–Crippen LogP) is 6.15. The van der Waals surface area contributed by atoms with Crippen LogP contribution in [0.5, 0.6) is 0 Å². The fourth-order valence-corrected chi connectivity index (χ4v) is 5.83. The summed E-state index contributed by atoms with van der Waals surface area (Å²) in [5.74, 6) is -2.04. The summed E-state index contributed by atoms with van der Waals surface area (Å²) in [6.45, 7) is 7.06. The maximum Gasteiger partial charge on any atom is 0.490 e. The molecule has 0 aliphatic heterocycles. The first-order valence-corrected chi connectivity index (χ1v) is 14.9. The molecule has 0 saturated heterocycles. The minimum absolute atomic E-state index is 0.0347. The topological polar surface area (TPSA) is 113 Å². The first-order chi connectivity index (χ1) is 18.5. The molecule has 2 aliphatic rings. The number of carbonyl (C=O) groups excluding carboxylic acids is 1. The number of aliphatic carboxylic acids is 1. The van der Waals surface area contributed by atoms with Gasteiger partial charge in [-0.05, 0) is 72.4 Å². The molecule has 2 aromatic rings. The maximum atomic E-state index is 12.9. The predicted molar refractivity (Wildman–Crippen MR) is 147 cm³/mol. The Morgan fingerprint density at radius 3 is 1.90 bits per heavy atom. The summed E-state index contributed by atoms with van der Waals surface area (Å²) in [6, 6.07) is 14.3. The van der Waals surface area contributed by atoms with Crippen molar-refractivity contribution >= 4 is 27.6 Å². The first-order valence-electron chi connectivity index (χ1n) is 13.4. The van der Waals surface area contributed by atoms with Crippen molar-refractivity contribution in [3.8, 4) is 0 Å². The van der Waals surface area contributed by atoms with Gasteiger partial charge in [0.25, 0.3) is 10.0 Å². The average Bonchev–Trinajstić information content (AvgIpc) is 3.70. The molecule has 40 heavy (non-hydrogen) atoms. The second-order valence-electron chi connectivity index (χ2n) is 11.6. The minimum atomic E-state index is -5.08. The summed E-state index contributed by atoms with van der Waals surface area (Å²) in [5.41, 5.74) is 2.06. The smallest absolute Gasteiger partial charge is 0.475 e. The summed E-state index contributed by atoms with van der Waals surface area (Å²) in [7, 11) is -3.67. The third kappa shape index (κ3) is 8.22. The van der Waals surface area contributed by atoms with Gasteiger partial charge in [-0.2, -0.15) is 13.2 Å². The molecule has 4 rings (SSSR count). The molecule has 0 aromatic heterocycles. The van der Waals surface area contributed by atoms with Gasteiger partial charge in [0.1, 0.15) is 0 Å². The van der Waals surface area contributed by atoms with Crippen molar-refractivity contribution in [1.82, 2.24) is 5.32 Å². The SMILES string of the molecule is CC(C)(C)c1ccc(S(=O)(=O)Nc2ccc(C3(C(=O)NCC4CCCCC4)CC3)cc2)cc1.O=C(O)C(F)(F)F. The lowest BCUT2D eigenvalue weighted by atomic mass is 9.87. The van der Waals surface area contributed by atoms with Crippen molar-refractivity contribution in [3.05, 3.63) is 59.7 Å². The molecule has 2 saturated carbocycles. The Kier molecular flexibility index (Phi) is 9.59. The first kappa shape index (κ1) is 31.4. The Morgan fingerprint density at radius 2 is 1.45 bits per heavy atom. The van der Waals surface area contributed by atoms with Gasteiger partial charge >= 0.3 is 12.1 Å². The second kappa shape index (κ2) is 12.2. The van der Waals surface area contributed by atoms with Gasteiger partial charge in [-0.3, -0.25) is 9.52 Å². The van der Waals surface area contributed by atoms with Gasteiger partial charge in [0, 0.05) is 12.2 Å². The number of carboxylic acids is 1. The van der Waals surface area contributed by atoms with E-state index in [-0.39, 0.29) is 16.2 Å². The van der Waals surface area contributed by atoms with Gasteiger partial charge in [0.2, 0.25) is 5.91 Å². The number of sulfonamides is 1. The molecule has 0 heterocycles.